The van der Waals surface area contributed by atoms with E-state index in [0.29, 0.717) is 23.1 Å². The number of benzene rings is 2. The van der Waals surface area contributed by atoms with E-state index in [4.69, 9.17) is 16.3 Å². The molecule has 134 valence electrons. The first-order chi connectivity index (χ1) is 13.2. The van der Waals surface area contributed by atoms with Gasteiger partial charge >= 0.3 is 0 Å². The van der Waals surface area contributed by atoms with Crippen molar-refractivity contribution in [2.45, 2.75) is 6.61 Å². The fraction of sp³-hybridized carbons (Fsp3) is 0.0476. The van der Waals surface area contributed by atoms with Crippen LogP contribution in [0.5, 0.6) is 5.75 Å². The number of nitrogens with zero attached hydrogens (tertiary/aromatic N) is 2. The highest BCUT2D eigenvalue weighted by Crippen LogP contribution is 2.33. The van der Waals surface area contributed by atoms with Crippen molar-refractivity contribution in [1.82, 2.24) is 9.55 Å². The predicted octanol–water partition coefficient (Wildman–Crippen LogP) is 5.65. The van der Waals surface area contributed by atoms with Gasteiger partial charge in [-0.2, -0.15) is 0 Å². The summed E-state index contributed by atoms with van der Waals surface area (Å²) in [4.78, 5) is 15.7. The fourth-order valence-corrected chi connectivity index (χ4v) is 3.79. The number of rotatable bonds is 6. The largest absolute Gasteiger partial charge is 0.489 e. The number of carbonyl (C=O) groups excluding carboxylic acids is 1. The molecule has 2 aromatic heterocycles. The van der Waals surface area contributed by atoms with Crippen molar-refractivity contribution in [1.29, 1.82) is 0 Å². The lowest BCUT2D eigenvalue weighted by atomic mass is 10.1. The second-order valence-corrected chi connectivity index (χ2v) is 7.10. The summed E-state index contributed by atoms with van der Waals surface area (Å²) in [5.41, 5.74) is 3.25. The zero-order valence-corrected chi connectivity index (χ0v) is 15.8. The lowest BCUT2D eigenvalue weighted by Gasteiger charge is -2.08. The molecule has 0 saturated carbocycles. The van der Waals surface area contributed by atoms with E-state index < -0.39 is 0 Å². The number of aromatic nitrogens is 2. The Labute approximate surface area is 165 Å². The van der Waals surface area contributed by atoms with Crippen molar-refractivity contribution in [3.8, 4) is 22.1 Å². The quantitative estimate of drug-likeness (QED) is 0.397. The molecule has 4 aromatic rings. The molecule has 0 N–H and O–H groups in total. The molecule has 0 unspecified atom stereocenters. The third-order valence-corrected chi connectivity index (χ3v) is 5.22. The van der Waals surface area contributed by atoms with Crippen LogP contribution in [-0.2, 0) is 6.61 Å². The number of hydrogen-bond donors (Lipinski definition) is 0. The monoisotopic (exact) mass is 394 g/mol. The van der Waals surface area contributed by atoms with Gasteiger partial charge in [0, 0.05) is 17.1 Å². The molecule has 0 amide bonds. The van der Waals surface area contributed by atoms with Gasteiger partial charge in [-0.3, -0.25) is 9.36 Å². The predicted molar refractivity (Wildman–Crippen MR) is 108 cm³/mol. The van der Waals surface area contributed by atoms with Gasteiger partial charge in [-0.25, -0.2) is 4.98 Å². The Balaban J connectivity index is 1.54. The molecule has 0 bridgehead atoms. The molecule has 0 spiro atoms. The molecule has 0 saturated heterocycles. The molecule has 0 atom stereocenters. The van der Waals surface area contributed by atoms with E-state index in [1.165, 1.54) is 11.3 Å². The Morgan fingerprint density at radius 2 is 1.96 bits per heavy atom. The Kier molecular flexibility index (Phi) is 5.05. The van der Waals surface area contributed by atoms with Crippen LogP contribution < -0.4 is 4.74 Å². The summed E-state index contributed by atoms with van der Waals surface area (Å²) in [6.07, 6.45) is 2.63. The molecule has 0 fully saturated rings. The Bertz CT molecular complexity index is 1070. The van der Waals surface area contributed by atoms with Crippen molar-refractivity contribution in [2.75, 3.05) is 0 Å². The van der Waals surface area contributed by atoms with Gasteiger partial charge < -0.3 is 4.74 Å². The van der Waals surface area contributed by atoms with Crippen LogP contribution in [0.25, 0.3) is 16.4 Å². The molecule has 0 aliphatic carbocycles. The van der Waals surface area contributed by atoms with Gasteiger partial charge in [0.15, 0.2) is 11.4 Å². The summed E-state index contributed by atoms with van der Waals surface area (Å²) < 4.78 is 7.57. The number of ether oxygens (including phenoxy) is 1. The fourth-order valence-electron chi connectivity index (χ4n) is 2.70. The highest BCUT2D eigenvalue weighted by molar-refractivity contribution is 7.12. The highest BCUT2D eigenvalue weighted by Gasteiger charge is 2.12. The Morgan fingerprint density at radius 3 is 2.74 bits per heavy atom. The molecule has 27 heavy (non-hydrogen) atoms. The van der Waals surface area contributed by atoms with E-state index in [9.17, 15) is 4.79 Å². The molecule has 0 radical (unpaired) electrons. The van der Waals surface area contributed by atoms with Crippen LogP contribution in [0.4, 0.5) is 0 Å². The van der Waals surface area contributed by atoms with E-state index in [-0.39, 0.29) is 0 Å². The minimum Gasteiger partial charge on any atom is -0.489 e. The summed E-state index contributed by atoms with van der Waals surface area (Å²) in [6, 6.07) is 19.1. The SMILES string of the molecule is O=Cc1cccn1-c1nc(-c2ccc(OCc3ccccc3)cc2Cl)cs1. The van der Waals surface area contributed by atoms with Crippen LogP contribution in [0.3, 0.4) is 0 Å². The van der Waals surface area contributed by atoms with Crippen LogP contribution in [0.2, 0.25) is 5.02 Å². The molecule has 2 heterocycles. The first-order valence-electron chi connectivity index (χ1n) is 8.29. The zero-order valence-electron chi connectivity index (χ0n) is 14.2. The summed E-state index contributed by atoms with van der Waals surface area (Å²) in [7, 11) is 0. The lowest BCUT2D eigenvalue weighted by Crippen LogP contribution is -1.97. The van der Waals surface area contributed by atoms with Crippen LogP contribution in [-0.4, -0.2) is 15.8 Å². The van der Waals surface area contributed by atoms with Crippen molar-refractivity contribution in [2.24, 2.45) is 0 Å². The van der Waals surface area contributed by atoms with Gasteiger partial charge in [-0.05, 0) is 35.9 Å². The van der Waals surface area contributed by atoms with E-state index >= 15 is 0 Å². The maximum atomic E-state index is 11.1. The van der Waals surface area contributed by atoms with Gasteiger partial charge in [0.25, 0.3) is 0 Å². The van der Waals surface area contributed by atoms with Crippen molar-refractivity contribution in [3.05, 3.63) is 88.5 Å². The van der Waals surface area contributed by atoms with Gasteiger partial charge in [-0.15, -0.1) is 11.3 Å². The summed E-state index contributed by atoms with van der Waals surface area (Å²) in [5.74, 6) is 0.705. The second kappa shape index (κ2) is 7.78. The minimum atomic E-state index is 0.486. The molecule has 6 heteroatoms. The maximum absolute atomic E-state index is 11.1. The van der Waals surface area contributed by atoms with E-state index in [2.05, 4.69) is 4.98 Å². The average molecular weight is 395 g/mol. The van der Waals surface area contributed by atoms with Crippen molar-refractivity contribution < 1.29 is 9.53 Å². The first kappa shape index (κ1) is 17.5. The smallest absolute Gasteiger partial charge is 0.194 e. The van der Waals surface area contributed by atoms with Crippen molar-refractivity contribution >= 4 is 29.2 Å². The maximum Gasteiger partial charge on any atom is 0.194 e. The molecule has 0 aliphatic heterocycles. The molecular weight excluding hydrogens is 380 g/mol. The number of carbonyl (C=O) groups is 1. The van der Waals surface area contributed by atoms with Gasteiger partial charge in [0.05, 0.1) is 16.4 Å². The highest BCUT2D eigenvalue weighted by atomic mass is 35.5. The van der Waals surface area contributed by atoms with Crippen LogP contribution >= 0.6 is 22.9 Å². The van der Waals surface area contributed by atoms with E-state index in [1.54, 1.807) is 16.7 Å². The van der Waals surface area contributed by atoms with Gasteiger partial charge in [0.1, 0.15) is 12.4 Å². The molecule has 0 aliphatic rings. The zero-order chi connectivity index (χ0) is 18.6. The Morgan fingerprint density at radius 1 is 1.11 bits per heavy atom. The Hall–Kier alpha value is -2.89. The van der Waals surface area contributed by atoms with E-state index in [1.807, 2.05) is 60.1 Å². The average Bonchev–Trinajstić information content (AvgIpc) is 3.36. The molecular formula is C21H15ClN2O2S. The second-order valence-electron chi connectivity index (χ2n) is 5.85. The number of halogens is 1. The third-order valence-electron chi connectivity index (χ3n) is 4.06. The number of hydrogen-bond acceptors (Lipinski definition) is 4. The normalized spacial score (nSPS) is 10.7. The summed E-state index contributed by atoms with van der Waals surface area (Å²) >= 11 is 7.92. The van der Waals surface area contributed by atoms with Crippen LogP contribution in [0, 0.1) is 0 Å². The summed E-state index contributed by atoms with van der Waals surface area (Å²) in [6.45, 7) is 0.486. The van der Waals surface area contributed by atoms with Crippen LogP contribution in [0.15, 0.2) is 72.2 Å². The van der Waals surface area contributed by atoms with Gasteiger partial charge in [-0.1, -0.05) is 41.9 Å². The van der Waals surface area contributed by atoms with E-state index in [0.717, 1.165) is 28.2 Å². The van der Waals surface area contributed by atoms with Crippen LogP contribution in [0.1, 0.15) is 16.1 Å². The molecule has 4 nitrogen and oxygen atoms in total. The first-order valence-corrected chi connectivity index (χ1v) is 9.55. The summed E-state index contributed by atoms with van der Waals surface area (Å²) in [5, 5.41) is 3.22. The topological polar surface area (TPSA) is 44.1 Å². The molecule has 4 rings (SSSR count). The van der Waals surface area contributed by atoms with Gasteiger partial charge in [0.2, 0.25) is 0 Å². The minimum absolute atomic E-state index is 0.486. The third kappa shape index (κ3) is 3.79. The molecule has 2 aromatic carbocycles. The number of thiazole rings is 1. The standard InChI is InChI=1S/C21H15ClN2O2S/c22-19-11-17(26-13-15-5-2-1-3-6-15)8-9-18(19)20-14-27-21(23-20)24-10-4-7-16(24)12-25/h1-12,14H,13H2. The number of aldehydes is 1. The van der Waals surface area contributed by atoms with Crippen molar-refractivity contribution in [3.63, 3.8) is 0 Å². The lowest BCUT2D eigenvalue weighted by molar-refractivity contribution is 0.111.